The van der Waals surface area contributed by atoms with Crippen molar-refractivity contribution in [3.05, 3.63) is 65.5 Å². The highest BCUT2D eigenvalue weighted by Gasteiger charge is 2.09. The van der Waals surface area contributed by atoms with Crippen molar-refractivity contribution >= 4 is 5.91 Å². The molecule has 0 heterocycles. The zero-order valence-electron chi connectivity index (χ0n) is 13.3. The van der Waals surface area contributed by atoms with Crippen LogP contribution in [0, 0.1) is 5.82 Å². The normalized spacial score (nSPS) is 11.8. The fourth-order valence-electron chi connectivity index (χ4n) is 2.08. The quantitative estimate of drug-likeness (QED) is 0.825. The fourth-order valence-corrected chi connectivity index (χ4v) is 2.08. The summed E-state index contributed by atoms with van der Waals surface area (Å²) in [5.74, 6) is 0.412. The van der Waals surface area contributed by atoms with Gasteiger partial charge in [-0.1, -0.05) is 24.3 Å². The molecular weight excluding hydrogens is 295 g/mol. The molecule has 0 fully saturated rings. The zero-order valence-corrected chi connectivity index (χ0v) is 13.3. The van der Waals surface area contributed by atoms with E-state index < -0.39 is 0 Å². The summed E-state index contributed by atoms with van der Waals surface area (Å²) in [6.07, 6.45) is 0. The van der Waals surface area contributed by atoms with Crippen molar-refractivity contribution in [2.24, 2.45) is 0 Å². The SMILES string of the molecule is CNC(=O)C(C)NCc1ccc(OCc2cccc(F)c2)cc1. The van der Waals surface area contributed by atoms with Crippen molar-refractivity contribution in [3.8, 4) is 5.75 Å². The van der Waals surface area contributed by atoms with E-state index >= 15 is 0 Å². The summed E-state index contributed by atoms with van der Waals surface area (Å²) < 4.78 is 18.7. The molecular formula is C18H21FN2O2. The van der Waals surface area contributed by atoms with E-state index in [-0.39, 0.29) is 17.8 Å². The van der Waals surface area contributed by atoms with Gasteiger partial charge in [-0.2, -0.15) is 0 Å². The third kappa shape index (κ3) is 5.38. The van der Waals surface area contributed by atoms with Gasteiger partial charge < -0.3 is 15.4 Å². The third-order valence-electron chi connectivity index (χ3n) is 3.47. The first-order chi connectivity index (χ1) is 11.1. The van der Waals surface area contributed by atoms with Crippen LogP contribution in [0.25, 0.3) is 0 Å². The highest BCUT2D eigenvalue weighted by atomic mass is 19.1. The Morgan fingerprint density at radius 1 is 1.17 bits per heavy atom. The van der Waals surface area contributed by atoms with Crippen molar-refractivity contribution in [1.82, 2.24) is 10.6 Å². The Balaban J connectivity index is 1.83. The predicted octanol–water partition coefficient (Wildman–Crippen LogP) is 2.63. The standard InChI is InChI=1S/C18H21FN2O2/c1-13(18(22)20-2)21-11-14-6-8-17(9-7-14)23-12-15-4-3-5-16(19)10-15/h3-10,13,21H,11-12H2,1-2H3,(H,20,22). The van der Waals surface area contributed by atoms with E-state index in [4.69, 9.17) is 4.74 Å². The molecule has 1 amide bonds. The lowest BCUT2D eigenvalue weighted by Crippen LogP contribution is -2.40. The summed E-state index contributed by atoms with van der Waals surface area (Å²) in [7, 11) is 1.62. The second-order valence-electron chi connectivity index (χ2n) is 5.28. The minimum absolute atomic E-state index is 0.0416. The van der Waals surface area contributed by atoms with Gasteiger partial charge in [0, 0.05) is 13.6 Å². The van der Waals surface area contributed by atoms with Crippen LogP contribution in [-0.4, -0.2) is 19.0 Å². The molecule has 0 saturated carbocycles. The third-order valence-corrected chi connectivity index (χ3v) is 3.47. The number of carbonyl (C=O) groups is 1. The molecule has 0 aliphatic carbocycles. The first kappa shape index (κ1) is 17.0. The molecule has 0 spiro atoms. The van der Waals surface area contributed by atoms with Gasteiger partial charge in [0.2, 0.25) is 5.91 Å². The number of rotatable bonds is 7. The maximum Gasteiger partial charge on any atom is 0.236 e. The predicted molar refractivity (Wildman–Crippen MR) is 87.5 cm³/mol. The second-order valence-corrected chi connectivity index (χ2v) is 5.28. The van der Waals surface area contributed by atoms with Gasteiger partial charge in [0.05, 0.1) is 6.04 Å². The molecule has 2 N–H and O–H groups in total. The lowest BCUT2D eigenvalue weighted by Gasteiger charge is -2.12. The first-order valence-corrected chi connectivity index (χ1v) is 7.49. The van der Waals surface area contributed by atoms with Crippen molar-refractivity contribution in [2.45, 2.75) is 26.1 Å². The molecule has 0 aliphatic heterocycles. The number of halogens is 1. The Kier molecular flexibility index (Phi) is 6.11. The van der Waals surface area contributed by atoms with Crippen molar-refractivity contribution in [3.63, 3.8) is 0 Å². The maximum absolute atomic E-state index is 13.1. The lowest BCUT2D eigenvalue weighted by atomic mass is 10.2. The molecule has 122 valence electrons. The van der Waals surface area contributed by atoms with E-state index in [0.29, 0.717) is 13.2 Å². The van der Waals surface area contributed by atoms with E-state index in [9.17, 15) is 9.18 Å². The summed E-state index contributed by atoms with van der Waals surface area (Å²) in [6.45, 7) is 2.73. The van der Waals surface area contributed by atoms with Crippen molar-refractivity contribution < 1.29 is 13.9 Å². The molecule has 2 rings (SSSR count). The van der Waals surface area contributed by atoms with Crippen molar-refractivity contribution in [2.75, 3.05) is 7.05 Å². The Bertz CT molecular complexity index is 644. The molecule has 1 unspecified atom stereocenters. The fraction of sp³-hybridized carbons (Fsp3) is 0.278. The van der Waals surface area contributed by atoms with E-state index in [2.05, 4.69) is 10.6 Å². The largest absolute Gasteiger partial charge is 0.489 e. The second kappa shape index (κ2) is 8.29. The molecule has 0 saturated heterocycles. The van der Waals surface area contributed by atoms with Gasteiger partial charge in [-0.3, -0.25) is 4.79 Å². The number of hydrogen-bond acceptors (Lipinski definition) is 3. The molecule has 23 heavy (non-hydrogen) atoms. The van der Waals surface area contributed by atoms with Crippen LogP contribution in [0.4, 0.5) is 4.39 Å². The molecule has 0 aromatic heterocycles. The number of likely N-dealkylation sites (N-methyl/N-ethyl adjacent to an activating group) is 1. The van der Waals surface area contributed by atoms with Crippen LogP contribution in [0.1, 0.15) is 18.1 Å². The van der Waals surface area contributed by atoms with Gasteiger partial charge in [0.25, 0.3) is 0 Å². The average molecular weight is 316 g/mol. The number of carbonyl (C=O) groups excluding carboxylic acids is 1. The number of nitrogens with one attached hydrogen (secondary N) is 2. The maximum atomic E-state index is 13.1. The Labute approximate surface area is 135 Å². The molecule has 1 atom stereocenters. The number of hydrogen-bond donors (Lipinski definition) is 2. The first-order valence-electron chi connectivity index (χ1n) is 7.49. The van der Waals surface area contributed by atoms with E-state index in [0.717, 1.165) is 16.9 Å². The average Bonchev–Trinajstić information content (AvgIpc) is 2.58. The Morgan fingerprint density at radius 2 is 1.91 bits per heavy atom. The number of benzene rings is 2. The topological polar surface area (TPSA) is 50.4 Å². The highest BCUT2D eigenvalue weighted by Crippen LogP contribution is 2.14. The van der Waals surface area contributed by atoms with Crippen LogP contribution in [0.2, 0.25) is 0 Å². The smallest absolute Gasteiger partial charge is 0.236 e. The molecule has 0 radical (unpaired) electrons. The molecule has 0 bridgehead atoms. The summed E-state index contributed by atoms with van der Waals surface area (Å²) in [5.41, 5.74) is 1.84. The summed E-state index contributed by atoms with van der Waals surface area (Å²) in [4.78, 5) is 11.4. The van der Waals surface area contributed by atoms with E-state index in [1.165, 1.54) is 12.1 Å². The van der Waals surface area contributed by atoms with Crippen LogP contribution in [0.3, 0.4) is 0 Å². The Morgan fingerprint density at radius 3 is 2.57 bits per heavy atom. The molecule has 2 aromatic carbocycles. The zero-order chi connectivity index (χ0) is 16.7. The number of ether oxygens (including phenoxy) is 1. The van der Waals surface area contributed by atoms with Gasteiger partial charge in [-0.15, -0.1) is 0 Å². The molecule has 2 aromatic rings. The summed E-state index contributed by atoms with van der Waals surface area (Å²) in [6, 6.07) is 13.7. The van der Waals surface area contributed by atoms with Crippen LogP contribution in [0.15, 0.2) is 48.5 Å². The van der Waals surface area contributed by atoms with Gasteiger partial charge in [-0.25, -0.2) is 4.39 Å². The number of amides is 1. The van der Waals surface area contributed by atoms with Gasteiger partial charge in [0.1, 0.15) is 18.2 Å². The molecule has 5 heteroatoms. The monoisotopic (exact) mass is 316 g/mol. The molecule has 0 aliphatic rings. The van der Waals surface area contributed by atoms with Crippen LogP contribution in [0.5, 0.6) is 5.75 Å². The minimum Gasteiger partial charge on any atom is -0.489 e. The van der Waals surface area contributed by atoms with E-state index in [1.54, 1.807) is 13.1 Å². The Hall–Kier alpha value is -2.40. The van der Waals surface area contributed by atoms with Gasteiger partial charge >= 0.3 is 0 Å². The minimum atomic E-state index is -0.266. The van der Waals surface area contributed by atoms with Crippen LogP contribution < -0.4 is 15.4 Å². The highest BCUT2D eigenvalue weighted by molar-refractivity contribution is 5.80. The van der Waals surface area contributed by atoms with E-state index in [1.807, 2.05) is 37.3 Å². The van der Waals surface area contributed by atoms with Crippen molar-refractivity contribution in [1.29, 1.82) is 0 Å². The summed E-state index contributed by atoms with van der Waals surface area (Å²) >= 11 is 0. The van der Waals surface area contributed by atoms with Gasteiger partial charge in [0.15, 0.2) is 0 Å². The molecule has 4 nitrogen and oxygen atoms in total. The lowest BCUT2D eigenvalue weighted by molar-refractivity contribution is -0.122. The summed E-state index contributed by atoms with van der Waals surface area (Å²) in [5, 5.41) is 5.74. The van der Waals surface area contributed by atoms with Crippen LogP contribution in [-0.2, 0) is 17.9 Å². The van der Waals surface area contributed by atoms with Crippen LogP contribution >= 0.6 is 0 Å². The van der Waals surface area contributed by atoms with Gasteiger partial charge in [-0.05, 0) is 42.3 Å².